The third-order valence-electron chi connectivity index (χ3n) is 5.46. The summed E-state index contributed by atoms with van der Waals surface area (Å²) in [7, 11) is 3.44. The van der Waals surface area contributed by atoms with Crippen LogP contribution >= 0.6 is 0 Å². The fourth-order valence-corrected chi connectivity index (χ4v) is 3.76. The van der Waals surface area contributed by atoms with Gasteiger partial charge in [-0.3, -0.25) is 9.89 Å². The quantitative estimate of drug-likeness (QED) is 0.497. The molecule has 0 radical (unpaired) electrons. The van der Waals surface area contributed by atoms with Crippen molar-refractivity contribution in [1.29, 1.82) is 0 Å². The number of halogens is 1. The van der Waals surface area contributed by atoms with Crippen molar-refractivity contribution in [2.24, 2.45) is 4.99 Å². The average Bonchev–Trinajstić information content (AvgIpc) is 2.79. The second kappa shape index (κ2) is 11.6. The second-order valence-corrected chi connectivity index (χ2v) is 7.67. The van der Waals surface area contributed by atoms with Crippen molar-refractivity contribution in [3.8, 4) is 11.5 Å². The van der Waals surface area contributed by atoms with E-state index >= 15 is 0 Å². The van der Waals surface area contributed by atoms with Gasteiger partial charge in [0.15, 0.2) is 17.5 Å². The zero-order chi connectivity index (χ0) is 22.1. The number of rotatable bonds is 8. The van der Waals surface area contributed by atoms with Crippen LogP contribution in [0.1, 0.15) is 30.9 Å². The molecule has 2 aromatic rings. The van der Waals surface area contributed by atoms with E-state index in [9.17, 15) is 4.39 Å². The summed E-state index contributed by atoms with van der Waals surface area (Å²) in [6.45, 7) is 6.06. The third kappa shape index (κ3) is 6.85. The van der Waals surface area contributed by atoms with Gasteiger partial charge in [-0.2, -0.15) is 0 Å². The molecule has 1 aliphatic heterocycles. The summed E-state index contributed by atoms with van der Waals surface area (Å²) in [5.41, 5.74) is 2.25. The molecule has 1 saturated heterocycles. The van der Waals surface area contributed by atoms with E-state index in [-0.39, 0.29) is 5.82 Å². The molecular weight excluding hydrogens is 395 g/mol. The Balaban J connectivity index is 1.45. The van der Waals surface area contributed by atoms with Gasteiger partial charge in [0.05, 0.1) is 13.7 Å². The number of benzene rings is 2. The molecule has 1 fully saturated rings. The van der Waals surface area contributed by atoms with E-state index in [4.69, 9.17) is 9.47 Å². The molecule has 2 aromatic carbocycles. The Bertz CT molecular complexity index is 849. The highest BCUT2D eigenvalue weighted by molar-refractivity contribution is 5.80. The fraction of sp³-hybridized carbons (Fsp3) is 0.458. The molecule has 168 valence electrons. The number of methoxy groups -OCH3 is 1. The van der Waals surface area contributed by atoms with Crippen LogP contribution in [0.4, 0.5) is 4.39 Å². The molecule has 6 nitrogen and oxygen atoms in total. The molecule has 3 rings (SSSR count). The van der Waals surface area contributed by atoms with Gasteiger partial charge in [0.2, 0.25) is 0 Å². The SMILES string of the molecule is CCOc1cc(CNC(=NC)NC2CCN(Cc3ccc(F)cc3)CC2)ccc1OC. The maximum absolute atomic E-state index is 13.1. The van der Waals surface area contributed by atoms with Gasteiger partial charge in [-0.15, -0.1) is 0 Å². The van der Waals surface area contributed by atoms with E-state index in [1.807, 2.05) is 37.3 Å². The van der Waals surface area contributed by atoms with Crippen LogP contribution in [0, 0.1) is 5.82 Å². The number of hydrogen-bond donors (Lipinski definition) is 2. The van der Waals surface area contributed by atoms with Crippen molar-refractivity contribution in [3.05, 3.63) is 59.4 Å². The molecule has 7 heteroatoms. The Morgan fingerprint density at radius 2 is 1.81 bits per heavy atom. The maximum atomic E-state index is 13.1. The number of hydrogen-bond acceptors (Lipinski definition) is 4. The van der Waals surface area contributed by atoms with Crippen LogP contribution in [0.25, 0.3) is 0 Å². The first-order valence-corrected chi connectivity index (χ1v) is 10.8. The Morgan fingerprint density at radius 1 is 1.10 bits per heavy atom. The highest BCUT2D eigenvalue weighted by Gasteiger charge is 2.20. The second-order valence-electron chi connectivity index (χ2n) is 7.67. The van der Waals surface area contributed by atoms with E-state index < -0.39 is 0 Å². The van der Waals surface area contributed by atoms with Crippen molar-refractivity contribution >= 4 is 5.96 Å². The van der Waals surface area contributed by atoms with Crippen LogP contribution in [-0.2, 0) is 13.1 Å². The third-order valence-corrected chi connectivity index (χ3v) is 5.46. The highest BCUT2D eigenvalue weighted by Crippen LogP contribution is 2.28. The minimum absolute atomic E-state index is 0.186. The highest BCUT2D eigenvalue weighted by atomic mass is 19.1. The van der Waals surface area contributed by atoms with Gasteiger partial charge in [0.25, 0.3) is 0 Å². The molecule has 0 spiro atoms. The van der Waals surface area contributed by atoms with Gasteiger partial charge in [-0.1, -0.05) is 18.2 Å². The predicted octanol–water partition coefficient (Wildman–Crippen LogP) is 3.56. The topological polar surface area (TPSA) is 58.1 Å². The zero-order valence-electron chi connectivity index (χ0n) is 18.7. The Kier molecular flexibility index (Phi) is 8.53. The largest absolute Gasteiger partial charge is 0.493 e. The summed E-state index contributed by atoms with van der Waals surface area (Å²) in [5.74, 6) is 2.10. The predicted molar refractivity (Wildman–Crippen MR) is 122 cm³/mol. The van der Waals surface area contributed by atoms with Crippen LogP contribution in [0.3, 0.4) is 0 Å². The molecule has 31 heavy (non-hydrogen) atoms. The van der Waals surface area contributed by atoms with Crippen LogP contribution in [0.2, 0.25) is 0 Å². The smallest absolute Gasteiger partial charge is 0.191 e. The van der Waals surface area contributed by atoms with Gasteiger partial charge in [0.1, 0.15) is 5.82 Å². The van der Waals surface area contributed by atoms with Crippen LogP contribution < -0.4 is 20.1 Å². The van der Waals surface area contributed by atoms with Crippen molar-refractivity contribution in [3.63, 3.8) is 0 Å². The lowest BCUT2D eigenvalue weighted by atomic mass is 10.0. The standard InChI is InChI=1S/C24H33FN4O2/c1-4-31-23-15-19(7-10-22(23)30-3)16-27-24(26-2)28-21-11-13-29(14-12-21)17-18-5-8-20(25)9-6-18/h5-10,15,21H,4,11-14,16-17H2,1-3H3,(H2,26,27,28). The van der Waals surface area contributed by atoms with Crippen LogP contribution in [-0.4, -0.2) is 50.8 Å². The van der Waals surface area contributed by atoms with Gasteiger partial charge in [0, 0.05) is 39.3 Å². The first-order valence-electron chi connectivity index (χ1n) is 10.8. The normalized spacial score (nSPS) is 15.5. The molecule has 2 N–H and O–H groups in total. The molecule has 0 amide bonds. The molecule has 1 aliphatic rings. The number of nitrogens with zero attached hydrogens (tertiary/aromatic N) is 2. The lowest BCUT2D eigenvalue weighted by molar-refractivity contribution is 0.198. The van der Waals surface area contributed by atoms with Gasteiger partial charge >= 0.3 is 0 Å². The lowest BCUT2D eigenvalue weighted by Gasteiger charge is -2.33. The number of nitrogens with one attached hydrogen (secondary N) is 2. The maximum Gasteiger partial charge on any atom is 0.191 e. The number of guanidine groups is 1. The van der Waals surface area contributed by atoms with Crippen molar-refractivity contribution in [2.45, 2.75) is 38.9 Å². The molecule has 0 aromatic heterocycles. The monoisotopic (exact) mass is 428 g/mol. The average molecular weight is 429 g/mol. The molecular formula is C24H33FN4O2. The summed E-state index contributed by atoms with van der Waals surface area (Å²) < 4.78 is 24.1. The molecule has 0 atom stereocenters. The Labute approximate surface area is 184 Å². The zero-order valence-corrected chi connectivity index (χ0v) is 18.7. The molecule has 0 unspecified atom stereocenters. The Morgan fingerprint density at radius 3 is 2.45 bits per heavy atom. The number of piperidine rings is 1. The summed E-state index contributed by atoms with van der Waals surface area (Å²) in [5, 5.41) is 6.93. The minimum Gasteiger partial charge on any atom is -0.493 e. The van der Waals surface area contributed by atoms with E-state index in [2.05, 4.69) is 20.5 Å². The summed E-state index contributed by atoms with van der Waals surface area (Å²) in [6, 6.07) is 13.1. The van der Waals surface area contributed by atoms with E-state index in [0.29, 0.717) is 19.2 Å². The lowest BCUT2D eigenvalue weighted by Crippen LogP contribution is -2.48. The molecule has 0 saturated carbocycles. The first kappa shape index (κ1) is 22.9. The van der Waals surface area contributed by atoms with Gasteiger partial charge in [-0.25, -0.2) is 4.39 Å². The van der Waals surface area contributed by atoms with E-state index in [1.165, 1.54) is 12.1 Å². The fourth-order valence-electron chi connectivity index (χ4n) is 3.76. The first-order chi connectivity index (χ1) is 15.1. The van der Waals surface area contributed by atoms with Crippen molar-refractivity contribution in [2.75, 3.05) is 33.9 Å². The number of likely N-dealkylation sites (tertiary alicyclic amines) is 1. The summed E-state index contributed by atoms with van der Waals surface area (Å²) in [4.78, 5) is 6.79. The van der Waals surface area contributed by atoms with Crippen molar-refractivity contribution in [1.82, 2.24) is 15.5 Å². The number of ether oxygens (including phenoxy) is 2. The van der Waals surface area contributed by atoms with Crippen LogP contribution in [0.5, 0.6) is 11.5 Å². The van der Waals surface area contributed by atoms with E-state index in [0.717, 1.165) is 61.1 Å². The Hall–Kier alpha value is -2.80. The molecule has 0 bridgehead atoms. The number of aliphatic imine (C=N–C) groups is 1. The van der Waals surface area contributed by atoms with Crippen LogP contribution in [0.15, 0.2) is 47.5 Å². The van der Waals surface area contributed by atoms with Gasteiger partial charge in [-0.05, 0) is 55.2 Å². The summed E-state index contributed by atoms with van der Waals surface area (Å²) >= 11 is 0. The minimum atomic E-state index is -0.186. The van der Waals surface area contributed by atoms with E-state index in [1.54, 1.807) is 14.2 Å². The van der Waals surface area contributed by atoms with Gasteiger partial charge < -0.3 is 20.1 Å². The molecule has 1 heterocycles. The van der Waals surface area contributed by atoms with Crippen molar-refractivity contribution < 1.29 is 13.9 Å². The summed E-state index contributed by atoms with van der Waals surface area (Å²) in [6.07, 6.45) is 2.08. The molecule has 0 aliphatic carbocycles.